The number of hydrogen-bond acceptors (Lipinski definition) is 4. The molecule has 0 aliphatic heterocycles. The lowest BCUT2D eigenvalue weighted by Crippen LogP contribution is -2.25. The molecule has 5 heteroatoms. The highest BCUT2D eigenvalue weighted by Crippen LogP contribution is 2.16. The van der Waals surface area contributed by atoms with Crippen molar-refractivity contribution in [2.75, 3.05) is 13.2 Å². The summed E-state index contributed by atoms with van der Waals surface area (Å²) < 4.78 is 13.1. The quantitative estimate of drug-likeness (QED) is 0.814. The van der Waals surface area contributed by atoms with Gasteiger partial charge in [0, 0.05) is 19.0 Å². The van der Waals surface area contributed by atoms with E-state index in [-0.39, 0.29) is 12.7 Å². The van der Waals surface area contributed by atoms with Gasteiger partial charge in [-0.25, -0.2) is 4.98 Å². The SMILES string of the molecule is CCOC(C)c1nccn1CC(O)COc1cccc(C)c1. The van der Waals surface area contributed by atoms with E-state index in [1.807, 2.05) is 55.8 Å². The van der Waals surface area contributed by atoms with Crippen LogP contribution in [0.5, 0.6) is 5.75 Å². The molecule has 0 fully saturated rings. The Morgan fingerprint density at radius 2 is 2.18 bits per heavy atom. The molecule has 2 aromatic rings. The van der Waals surface area contributed by atoms with Gasteiger partial charge >= 0.3 is 0 Å². The van der Waals surface area contributed by atoms with Crippen molar-refractivity contribution in [2.45, 2.75) is 39.5 Å². The summed E-state index contributed by atoms with van der Waals surface area (Å²) in [5, 5.41) is 10.2. The number of benzene rings is 1. The van der Waals surface area contributed by atoms with Crippen LogP contribution in [0.25, 0.3) is 0 Å². The van der Waals surface area contributed by atoms with Gasteiger partial charge in [0.25, 0.3) is 0 Å². The summed E-state index contributed by atoms with van der Waals surface area (Å²) in [6, 6.07) is 7.79. The molecule has 5 nitrogen and oxygen atoms in total. The average Bonchev–Trinajstić information content (AvgIpc) is 2.94. The second-order valence-corrected chi connectivity index (χ2v) is 5.32. The smallest absolute Gasteiger partial charge is 0.137 e. The third-order valence-electron chi connectivity index (χ3n) is 3.37. The maximum absolute atomic E-state index is 10.2. The number of imidazole rings is 1. The van der Waals surface area contributed by atoms with Gasteiger partial charge in [0.2, 0.25) is 0 Å². The van der Waals surface area contributed by atoms with Crippen LogP contribution in [0, 0.1) is 6.92 Å². The molecular weight excluding hydrogens is 280 g/mol. The van der Waals surface area contributed by atoms with Gasteiger partial charge in [-0.1, -0.05) is 12.1 Å². The van der Waals surface area contributed by atoms with Crippen molar-refractivity contribution in [3.05, 3.63) is 48.0 Å². The summed E-state index contributed by atoms with van der Waals surface area (Å²) in [6.45, 7) is 7.22. The molecule has 0 aliphatic rings. The fourth-order valence-corrected chi connectivity index (χ4v) is 2.34. The Morgan fingerprint density at radius 1 is 1.36 bits per heavy atom. The molecule has 0 amide bonds. The molecule has 0 saturated carbocycles. The van der Waals surface area contributed by atoms with Crippen LogP contribution in [0.3, 0.4) is 0 Å². The molecule has 2 rings (SSSR count). The van der Waals surface area contributed by atoms with E-state index in [0.717, 1.165) is 17.1 Å². The Bertz CT molecular complexity index is 583. The molecule has 0 aliphatic carbocycles. The molecule has 22 heavy (non-hydrogen) atoms. The predicted octanol–water partition coefficient (Wildman–Crippen LogP) is 2.73. The van der Waals surface area contributed by atoms with Gasteiger partial charge in [-0.15, -0.1) is 0 Å². The zero-order chi connectivity index (χ0) is 15.9. The molecule has 2 atom stereocenters. The van der Waals surface area contributed by atoms with E-state index in [1.54, 1.807) is 6.20 Å². The molecule has 0 saturated heterocycles. The second kappa shape index (κ2) is 7.96. The Kier molecular flexibility index (Phi) is 5.98. The highest BCUT2D eigenvalue weighted by Gasteiger charge is 2.15. The number of nitrogens with zero attached hydrogens (tertiary/aromatic N) is 2. The summed E-state index contributed by atoms with van der Waals surface area (Å²) in [5.41, 5.74) is 1.13. The van der Waals surface area contributed by atoms with Crippen molar-refractivity contribution in [1.29, 1.82) is 0 Å². The molecule has 1 aromatic carbocycles. The first-order valence-electron chi connectivity index (χ1n) is 7.60. The first kappa shape index (κ1) is 16.5. The lowest BCUT2D eigenvalue weighted by atomic mass is 10.2. The number of aromatic nitrogens is 2. The maximum atomic E-state index is 10.2. The summed E-state index contributed by atoms with van der Waals surface area (Å²) in [4.78, 5) is 4.30. The monoisotopic (exact) mass is 304 g/mol. The van der Waals surface area contributed by atoms with Crippen LogP contribution in [0.1, 0.15) is 31.3 Å². The van der Waals surface area contributed by atoms with E-state index in [4.69, 9.17) is 9.47 Å². The first-order valence-corrected chi connectivity index (χ1v) is 7.60. The molecule has 2 unspecified atom stereocenters. The van der Waals surface area contributed by atoms with Crippen molar-refractivity contribution in [1.82, 2.24) is 9.55 Å². The van der Waals surface area contributed by atoms with Crippen LogP contribution >= 0.6 is 0 Å². The van der Waals surface area contributed by atoms with Crippen molar-refractivity contribution in [3.63, 3.8) is 0 Å². The summed E-state index contributed by atoms with van der Waals surface area (Å²) in [7, 11) is 0. The number of aliphatic hydroxyl groups excluding tert-OH is 1. The van der Waals surface area contributed by atoms with Gasteiger partial charge < -0.3 is 19.1 Å². The molecule has 0 radical (unpaired) electrons. The molecular formula is C17H24N2O3. The van der Waals surface area contributed by atoms with E-state index in [2.05, 4.69) is 4.98 Å². The van der Waals surface area contributed by atoms with Crippen LogP contribution in [-0.2, 0) is 11.3 Å². The Labute approximate surface area is 131 Å². The van der Waals surface area contributed by atoms with E-state index >= 15 is 0 Å². The van der Waals surface area contributed by atoms with Crippen LogP contribution < -0.4 is 4.74 Å². The minimum atomic E-state index is -0.609. The number of rotatable bonds is 8. The van der Waals surface area contributed by atoms with Gasteiger partial charge in [0.15, 0.2) is 0 Å². The molecule has 1 N–H and O–H groups in total. The summed E-state index contributed by atoms with van der Waals surface area (Å²) >= 11 is 0. The van der Waals surface area contributed by atoms with Crippen LogP contribution in [0.15, 0.2) is 36.7 Å². The maximum Gasteiger partial charge on any atom is 0.137 e. The van der Waals surface area contributed by atoms with Crippen LogP contribution in [0.2, 0.25) is 0 Å². The normalized spacial score (nSPS) is 13.8. The lowest BCUT2D eigenvalue weighted by molar-refractivity contribution is 0.0597. The molecule has 0 bridgehead atoms. The zero-order valence-electron chi connectivity index (χ0n) is 13.4. The fourth-order valence-electron chi connectivity index (χ4n) is 2.34. The van der Waals surface area contributed by atoms with Gasteiger partial charge in [0.05, 0.1) is 6.54 Å². The van der Waals surface area contributed by atoms with Crippen molar-refractivity contribution in [3.8, 4) is 5.75 Å². The first-order chi connectivity index (χ1) is 10.6. The van der Waals surface area contributed by atoms with E-state index in [9.17, 15) is 5.11 Å². The van der Waals surface area contributed by atoms with Gasteiger partial charge in [-0.05, 0) is 38.5 Å². The molecule has 0 spiro atoms. The standard InChI is InChI=1S/C17H24N2O3/c1-4-21-14(3)17-18-8-9-19(17)11-15(20)12-22-16-7-5-6-13(2)10-16/h5-10,14-15,20H,4,11-12H2,1-3H3. The minimum Gasteiger partial charge on any atom is -0.491 e. The Hall–Kier alpha value is -1.85. The van der Waals surface area contributed by atoms with Gasteiger partial charge in [-0.2, -0.15) is 0 Å². The molecule has 120 valence electrons. The third-order valence-corrected chi connectivity index (χ3v) is 3.37. The van der Waals surface area contributed by atoms with Crippen molar-refractivity contribution >= 4 is 0 Å². The molecule has 1 aromatic heterocycles. The lowest BCUT2D eigenvalue weighted by Gasteiger charge is -2.17. The summed E-state index contributed by atoms with van der Waals surface area (Å²) in [6.07, 6.45) is 2.87. The number of hydrogen-bond donors (Lipinski definition) is 1. The average molecular weight is 304 g/mol. The Balaban J connectivity index is 1.89. The van der Waals surface area contributed by atoms with Gasteiger partial charge in [0.1, 0.15) is 30.4 Å². The van der Waals surface area contributed by atoms with E-state index in [0.29, 0.717) is 13.2 Å². The highest BCUT2D eigenvalue weighted by molar-refractivity contribution is 5.27. The van der Waals surface area contributed by atoms with E-state index in [1.165, 1.54) is 0 Å². The largest absolute Gasteiger partial charge is 0.491 e. The third kappa shape index (κ3) is 4.58. The second-order valence-electron chi connectivity index (χ2n) is 5.32. The van der Waals surface area contributed by atoms with Crippen molar-refractivity contribution < 1.29 is 14.6 Å². The minimum absolute atomic E-state index is 0.0927. The fraction of sp³-hybridized carbons (Fsp3) is 0.471. The predicted molar refractivity (Wildman–Crippen MR) is 84.9 cm³/mol. The number of aliphatic hydroxyl groups is 1. The van der Waals surface area contributed by atoms with Crippen LogP contribution in [0.4, 0.5) is 0 Å². The topological polar surface area (TPSA) is 56.5 Å². The van der Waals surface area contributed by atoms with Gasteiger partial charge in [-0.3, -0.25) is 0 Å². The number of ether oxygens (including phenoxy) is 2. The van der Waals surface area contributed by atoms with E-state index < -0.39 is 6.10 Å². The highest BCUT2D eigenvalue weighted by atomic mass is 16.5. The summed E-state index contributed by atoms with van der Waals surface area (Å²) in [5.74, 6) is 1.59. The zero-order valence-corrected chi connectivity index (χ0v) is 13.4. The number of aryl methyl sites for hydroxylation is 1. The van der Waals surface area contributed by atoms with Crippen LogP contribution in [-0.4, -0.2) is 34.0 Å². The Morgan fingerprint density at radius 3 is 2.91 bits per heavy atom. The molecule has 1 heterocycles. The van der Waals surface area contributed by atoms with Crippen molar-refractivity contribution in [2.24, 2.45) is 0 Å².